The molecule has 0 aromatic heterocycles. The van der Waals surface area contributed by atoms with Crippen LogP contribution >= 0.6 is 0 Å². The number of hydrogen-bond acceptors (Lipinski definition) is 7. The molecule has 0 spiro atoms. The Morgan fingerprint density at radius 1 is 1.00 bits per heavy atom. The molecule has 10 heteroatoms. The lowest BCUT2D eigenvalue weighted by atomic mass is 10.2. The summed E-state index contributed by atoms with van der Waals surface area (Å²) in [7, 11) is -3.75. The number of anilines is 2. The number of benzene rings is 2. The molecule has 0 amide bonds. The smallest absolute Gasteiger partial charge is 0.294 e. The van der Waals surface area contributed by atoms with Gasteiger partial charge in [-0.15, -0.1) is 0 Å². The van der Waals surface area contributed by atoms with E-state index in [1.54, 1.807) is 18.2 Å². The van der Waals surface area contributed by atoms with E-state index in [9.17, 15) is 18.5 Å². The molecule has 0 aliphatic carbocycles. The molecule has 2 aliphatic heterocycles. The van der Waals surface area contributed by atoms with Crippen LogP contribution in [-0.4, -0.2) is 37.5 Å². The molecule has 0 unspecified atom stereocenters. The van der Waals surface area contributed by atoms with Crippen molar-refractivity contribution < 1.29 is 22.8 Å². The van der Waals surface area contributed by atoms with Crippen molar-refractivity contribution in [2.75, 3.05) is 25.2 Å². The molecular weight excluding hydrogens is 386 g/mol. The molecule has 2 aromatic rings. The fourth-order valence-corrected chi connectivity index (χ4v) is 4.85. The van der Waals surface area contributed by atoms with Crippen molar-refractivity contribution in [1.82, 2.24) is 4.31 Å². The van der Waals surface area contributed by atoms with E-state index >= 15 is 0 Å². The second-order valence-corrected chi connectivity index (χ2v) is 8.53. The molecule has 1 fully saturated rings. The molecule has 2 aliphatic rings. The molecule has 0 atom stereocenters. The average Bonchev–Trinajstić information content (AvgIpc) is 3.16. The van der Waals surface area contributed by atoms with Crippen molar-refractivity contribution >= 4 is 27.1 Å². The minimum Gasteiger partial charge on any atom is -0.454 e. The van der Waals surface area contributed by atoms with E-state index in [0.717, 1.165) is 25.3 Å². The van der Waals surface area contributed by atoms with Crippen molar-refractivity contribution in [3.8, 4) is 11.5 Å². The van der Waals surface area contributed by atoms with Crippen LogP contribution in [0.5, 0.6) is 11.5 Å². The summed E-state index contributed by atoms with van der Waals surface area (Å²) in [4.78, 5) is 10.9. The van der Waals surface area contributed by atoms with E-state index in [4.69, 9.17) is 9.47 Å². The van der Waals surface area contributed by atoms with Gasteiger partial charge in [-0.25, -0.2) is 8.42 Å². The number of piperidine rings is 1. The zero-order valence-corrected chi connectivity index (χ0v) is 15.8. The Morgan fingerprint density at radius 2 is 1.75 bits per heavy atom. The maximum atomic E-state index is 12.8. The van der Waals surface area contributed by atoms with Crippen LogP contribution < -0.4 is 14.8 Å². The zero-order chi connectivity index (χ0) is 19.7. The van der Waals surface area contributed by atoms with Gasteiger partial charge < -0.3 is 14.8 Å². The van der Waals surface area contributed by atoms with Gasteiger partial charge in [-0.3, -0.25) is 10.1 Å². The zero-order valence-electron chi connectivity index (χ0n) is 15.0. The number of sulfonamides is 1. The third kappa shape index (κ3) is 3.48. The second kappa shape index (κ2) is 7.28. The van der Waals surface area contributed by atoms with E-state index in [-0.39, 0.29) is 23.1 Å². The van der Waals surface area contributed by atoms with Gasteiger partial charge in [-0.1, -0.05) is 6.42 Å². The monoisotopic (exact) mass is 405 g/mol. The van der Waals surface area contributed by atoms with Gasteiger partial charge in [0.15, 0.2) is 11.5 Å². The Labute approximate surface area is 162 Å². The topological polar surface area (TPSA) is 111 Å². The lowest BCUT2D eigenvalue weighted by Crippen LogP contribution is -2.35. The molecule has 9 nitrogen and oxygen atoms in total. The van der Waals surface area contributed by atoms with Gasteiger partial charge in [0, 0.05) is 30.9 Å². The molecule has 2 aromatic carbocycles. The lowest BCUT2D eigenvalue weighted by molar-refractivity contribution is -0.384. The van der Waals surface area contributed by atoms with Crippen molar-refractivity contribution in [3.63, 3.8) is 0 Å². The van der Waals surface area contributed by atoms with Gasteiger partial charge in [0.2, 0.25) is 16.8 Å². The Kier molecular flexibility index (Phi) is 4.82. The van der Waals surface area contributed by atoms with Crippen molar-refractivity contribution in [2.24, 2.45) is 0 Å². The molecule has 148 valence electrons. The highest BCUT2D eigenvalue weighted by atomic mass is 32.2. The van der Waals surface area contributed by atoms with Crippen molar-refractivity contribution in [3.05, 3.63) is 46.5 Å². The van der Waals surface area contributed by atoms with Crippen LogP contribution in [0.2, 0.25) is 0 Å². The number of nitro benzene ring substituents is 1. The van der Waals surface area contributed by atoms with Crippen molar-refractivity contribution in [2.45, 2.75) is 24.2 Å². The van der Waals surface area contributed by atoms with Crippen LogP contribution in [0.3, 0.4) is 0 Å². The van der Waals surface area contributed by atoms with E-state index in [2.05, 4.69) is 5.32 Å². The van der Waals surface area contributed by atoms with Gasteiger partial charge in [0.25, 0.3) is 5.69 Å². The third-order valence-electron chi connectivity index (χ3n) is 4.77. The predicted molar refractivity (Wildman–Crippen MR) is 102 cm³/mol. The number of rotatable bonds is 5. The normalized spacial score (nSPS) is 16.7. The van der Waals surface area contributed by atoms with Crippen LogP contribution in [-0.2, 0) is 10.0 Å². The molecule has 0 saturated carbocycles. The summed E-state index contributed by atoms with van der Waals surface area (Å²) < 4.78 is 37.6. The Bertz CT molecular complexity index is 1020. The third-order valence-corrected chi connectivity index (χ3v) is 6.66. The summed E-state index contributed by atoms with van der Waals surface area (Å²) in [5, 5.41) is 14.5. The Morgan fingerprint density at radius 3 is 2.50 bits per heavy atom. The lowest BCUT2D eigenvalue weighted by Gasteiger charge is -2.25. The number of nitro groups is 1. The largest absolute Gasteiger partial charge is 0.454 e. The molecule has 2 heterocycles. The number of fused-ring (bicyclic) bond motifs is 1. The van der Waals surface area contributed by atoms with Gasteiger partial charge in [-0.2, -0.15) is 4.31 Å². The first-order valence-electron chi connectivity index (χ1n) is 8.90. The van der Waals surface area contributed by atoms with E-state index < -0.39 is 14.9 Å². The summed E-state index contributed by atoms with van der Waals surface area (Å²) in [6.07, 6.45) is 2.58. The highest BCUT2D eigenvalue weighted by Gasteiger charge is 2.28. The van der Waals surface area contributed by atoms with Gasteiger partial charge >= 0.3 is 0 Å². The molecule has 0 radical (unpaired) electrons. The Balaban J connectivity index is 1.65. The highest BCUT2D eigenvalue weighted by molar-refractivity contribution is 7.89. The predicted octanol–water partition coefficient (Wildman–Crippen LogP) is 3.24. The number of nitrogens with one attached hydrogen (secondary N) is 1. The molecule has 0 bridgehead atoms. The molecule has 1 saturated heterocycles. The maximum Gasteiger partial charge on any atom is 0.294 e. The minimum absolute atomic E-state index is 0.0719. The summed E-state index contributed by atoms with van der Waals surface area (Å²) in [6, 6.07) is 9.00. The van der Waals surface area contributed by atoms with E-state index in [1.165, 1.54) is 16.4 Å². The molecule has 4 rings (SSSR count). The van der Waals surface area contributed by atoms with Crippen molar-refractivity contribution in [1.29, 1.82) is 0 Å². The van der Waals surface area contributed by atoms with Gasteiger partial charge in [0.05, 0.1) is 9.82 Å². The number of hydrogen-bond donors (Lipinski definition) is 1. The van der Waals surface area contributed by atoms with Gasteiger partial charge in [0.1, 0.15) is 5.69 Å². The summed E-state index contributed by atoms with van der Waals surface area (Å²) >= 11 is 0. The Hall–Kier alpha value is -2.85. The summed E-state index contributed by atoms with van der Waals surface area (Å²) in [5.41, 5.74) is 0.455. The molecule has 28 heavy (non-hydrogen) atoms. The van der Waals surface area contributed by atoms with E-state index in [0.29, 0.717) is 30.3 Å². The minimum atomic E-state index is -3.75. The first-order valence-corrected chi connectivity index (χ1v) is 10.3. The quantitative estimate of drug-likeness (QED) is 0.600. The van der Waals surface area contributed by atoms with Crippen LogP contribution in [0.1, 0.15) is 19.3 Å². The van der Waals surface area contributed by atoms with Crippen LogP contribution in [0.15, 0.2) is 41.3 Å². The summed E-state index contributed by atoms with van der Waals surface area (Å²) in [5.74, 6) is 1.14. The second-order valence-electron chi connectivity index (χ2n) is 6.59. The van der Waals surface area contributed by atoms with Crippen LogP contribution in [0.25, 0.3) is 0 Å². The summed E-state index contributed by atoms with van der Waals surface area (Å²) in [6.45, 7) is 1.00. The first-order chi connectivity index (χ1) is 13.4. The number of ether oxygens (including phenoxy) is 2. The van der Waals surface area contributed by atoms with Crippen LogP contribution in [0.4, 0.5) is 17.1 Å². The standard InChI is InChI=1S/C18H19N3O6S/c22-21(23)16-11-14(28(24,25)20-8-2-1-3-9-20)5-6-15(16)19-13-4-7-17-18(10-13)27-12-26-17/h4-7,10-11,19H,1-3,8-9,12H2. The first kappa shape index (κ1) is 18.5. The molecule has 1 N–H and O–H groups in total. The van der Waals surface area contributed by atoms with E-state index in [1.807, 2.05) is 0 Å². The number of nitrogens with zero attached hydrogens (tertiary/aromatic N) is 2. The molecular formula is C18H19N3O6S. The van der Waals surface area contributed by atoms with Crippen LogP contribution in [0, 0.1) is 10.1 Å². The highest BCUT2D eigenvalue weighted by Crippen LogP contribution is 2.37. The fraction of sp³-hybridized carbons (Fsp3) is 0.333. The van der Waals surface area contributed by atoms with Gasteiger partial charge in [-0.05, 0) is 37.1 Å². The fourth-order valence-electron chi connectivity index (χ4n) is 3.31. The SMILES string of the molecule is O=[N+]([O-])c1cc(S(=O)(=O)N2CCCCC2)ccc1Nc1ccc2c(c1)OCO2. The average molecular weight is 405 g/mol. The maximum absolute atomic E-state index is 12.8.